The molecule has 2 heterocycles. The van der Waals surface area contributed by atoms with Crippen molar-refractivity contribution in [1.82, 2.24) is 14.1 Å². The third-order valence-electron chi connectivity index (χ3n) is 3.76. The second-order valence-electron chi connectivity index (χ2n) is 5.82. The molecule has 1 aromatic heterocycles. The molecule has 0 bridgehead atoms. The van der Waals surface area contributed by atoms with Gasteiger partial charge in [-0.1, -0.05) is 6.42 Å². The van der Waals surface area contributed by atoms with Gasteiger partial charge in [0, 0.05) is 32.4 Å². The SMILES string of the molecule is CC(C)OCCC1CCCCN1S(=O)(=O)c1cnn(C)c1. The molecular formula is C14H25N3O3S. The van der Waals surface area contributed by atoms with Crippen molar-refractivity contribution < 1.29 is 13.2 Å². The topological polar surface area (TPSA) is 64.4 Å². The van der Waals surface area contributed by atoms with Gasteiger partial charge >= 0.3 is 0 Å². The lowest BCUT2D eigenvalue weighted by molar-refractivity contribution is 0.0620. The third-order valence-corrected chi connectivity index (χ3v) is 5.67. The largest absolute Gasteiger partial charge is 0.379 e. The van der Waals surface area contributed by atoms with Crippen molar-refractivity contribution in [1.29, 1.82) is 0 Å². The van der Waals surface area contributed by atoms with E-state index in [4.69, 9.17) is 4.74 Å². The quantitative estimate of drug-likeness (QED) is 0.802. The lowest BCUT2D eigenvalue weighted by Gasteiger charge is -2.34. The van der Waals surface area contributed by atoms with Crippen LogP contribution in [0.15, 0.2) is 17.3 Å². The first-order valence-corrected chi connectivity index (χ1v) is 8.97. The predicted molar refractivity (Wildman–Crippen MR) is 80.4 cm³/mol. The van der Waals surface area contributed by atoms with E-state index in [2.05, 4.69) is 5.10 Å². The Morgan fingerprint density at radius 1 is 1.43 bits per heavy atom. The van der Waals surface area contributed by atoms with Crippen molar-refractivity contribution >= 4 is 10.0 Å². The molecule has 120 valence electrons. The molecule has 0 amide bonds. The highest BCUT2D eigenvalue weighted by Gasteiger charge is 2.33. The van der Waals surface area contributed by atoms with Crippen LogP contribution in [0.1, 0.15) is 39.5 Å². The summed E-state index contributed by atoms with van der Waals surface area (Å²) in [5, 5.41) is 3.97. The first kappa shape index (κ1) is 16.5. The minimum atomic E-state index is -3.45. The summed E-state index contributed by atoms with van der Waals surface area (Å²) in [6.07, 6.45) is 6.81. The Morgan fingerprint density at radius 2 is 2.19 bits per heavy atom. The lowest BCUT2D eigenvalue weighted by atomic mass is 10.0. The van der Waals surface area contributed by atoms with Gasteiger partial charge in [-0.3, -0.25) is 4.68 Å². The molecular weight excluding hydrogens is 290 g/mol. The molecule has 0 spiro atoms. The zero-order chi connectivity index (χ0) is 15.5. The number of aromatic nitrogens is 2. The van der Waals surface area contributed by atoms with E-state index in [-0.39, 0.29) is 17.0 Å². The molecule has 1 aliphatic rings. The highest BCUT2D eigenvalue weighted by molar-refractivity contribution is 7.89. The summed E-state index contributed by atoms with van der Waals surface area (Å²) in [5.41, 5.74) is 0. The highest BCUT2D eigenvalue weighted by Crippen LogP contribution is 2.26. The molecule has 0 N–H and O–H groups in total. The highest BCUT2D eigenvalue weighted by atomic mass is 32.2. The van der Waals surface area contributed by atoms with Crippen molar-refractivity contribution in [3.63, 3.8) is 0 Å². The summed E-state index contributed by atoms with van der Waals surface area (Å²) in [6.45, 7) is 5.17. The fraction of sp³-hybridized carbons (Fsp3) is 0.786. The van der Waals surface area contributed by atoms with E-state index in [1.165, 1.54) is 10.9 Å². The minimum absolute atomic E-state index is 0.0303. The fourth-order valence-electron chi connectivity index (χ4n) is 2.69. The fourth-order valence-corrected chi connectivity index (χ4v) is 4.40. The van der Waals surface area contributed by atoms with Crippen LogP contribution in [0, 0.1) is 0 Å². The van der Waals surface area contributed by atoms with E-state index in [1.54, 1.807) is 17.5 Å². The Labute approximate surface area is 127 Å². The van der Waals surface area contributed by atoms with E-state index >= 15 is 0 Å². The molecule has 1 aliphatic heterocycles. The van der Waals surface area contributed by atoms with Gasteiger partial charge in [-0.05, 0) is 33.1 Å². The summed E-state index contributed by atoms with van der Waals surface area (Å²) in [6, 6.07) is 0.0303. The number of nitrogens with zero attached hydrogens (tertiary/aromatic N) is 3. The molecule has 0 aromatic carbocycles. The monoisotopic (exact) mass is 315 g/mol. The minimum Gasteiger partial charge on any atom is -0.379 e. The number of sulfonamides is 1. The van der Waals surface area contributed by atoms with Crippen molar-refractivity contribution in [2.24, 2.45) is 7.05 Å². The molecule has 7 heteroatoms. The van der Waals surface area contributed by atoms with Gasteiger partial charge < -0.3 is 4.74 Å². The van der Waals surface area contributed by atoms with Crippen LogP contribution < -0.4 is 0 Å². The van der Waals surface area contributed by atoms with Gasteiger partial charge in [-0.2, -0.15) is 9.40 Å². The Hall–Kier alpha value is -0.920. The predicted octanol–water partition coefficient (Wildman–Crippen LogP) is 1.78. The van der Waals surface area contributed by atoms with Crippen LogP contribution in [0.5, 0.6) is 0 Å². The van der Waals surface area contributed by atoms with Crippen molar-refractivity contribution in [2.75, 3.05) is 13.2 Å². The summed E-state index contributed by atoms with van der Waals surface area (Å²) < 4.78 is 34.2. The van der Waals surface area contributed by atoms with Gasteiger partial charge in [-0.25, -0.2) is 8.42 Å². The molecule has 0 radical (unpaired) electrons. The summed E-state index contributed by atoms with van der Waals surface area (Å²) in [7, 11) is -1.72. The summed E-state index contributed by atoms with van der Waals surface area (Å²) in [4.78, 5) is 0.279. The number of ether oxygens (including phenoxy) is 1. The maximum atomic E-state index is 12.7. The maximum absolute atomic E-state index is 12.7. The van der Waals surface area contributed by atoms with Crippen molar-refractivity contribution in [3.8, 4) is 0 Å². The van der Waals surface area contributed by atoms with Gasteiger partial charge in [0.25, 0.3) is 0 Å². The molecule has 6 nitrogen and oxygen atoms in total. The second kappa shape index (κ2) is 6.89. The molecule has 0 aliphatic carbocycles. The first-order chi connectivity index (χ1) is 9.91. The number of piperidine rings is 1. The average Bonchev–Trinajstić information content (AvgIpc) is 2.86. The normalized spacial score (nSPS) is 21.0. The van der Waals surface area contributed by atoms with Crippen LogP contribution in [0.25, 0.3) is 0 Å². The Morgan fingerprint density at radius 3 is 2.81 bits per heavy atom. The van der Waals surface area contributed by atoms with E-state index in [1.807, 2.05) is 13.8 Å². The van der Waals surface area contributed by atoms with E-state index < -0.39 is 10.0 Å². The summed E-state index contributed by atoms with van der Waals surface area (Å²) >= 11 is 0. The van der Waals surface area contributed by atoms with Crippen LogP contribution in [-0.4, -0.2) is 47.8 Å². The third kappa shape index (κ3) is 4.05. The van der Waals surface area contributed by atoms with Gasteiger partial charge in [-0.15, -0.1) is 0 Å². The van der Waals surface area contributed by atoms with Crippen LogP contribution in [-0.2, 0) is 21.8 Å². The Kier molecular flexibility index (Phi) is 5.40. The average molecular weight is 315 g/mol. The molecule has 1 fully saturated rings. The lowest BCUT2D eigenvalue weighted by Crippen LogP contribution is -2.44. The zero-order valence-electron chi connectivity index (χ0n) is 13.0. The second-order valence-corrected chi connectivity index (χ2v) is 7.71. The first-order valence-electron chi connectivity index (χ1n) is 7.53. The number of aryl methyl sites for hydroxylation is 1. The standard InChI is InChI=1S/C14H25N3O3S/c1-12(2)20-9-7-13-6-4-5-8-17(13)21(18,19)14-10-15-16(3)11-14/h10-13H,4-9H2,1-3H3. The number of hydrogen-bond acceptors (Lipinski definition) is 4. The van der Waals surface area contributed by atoms with Gasteiger partial charge in [0.1, 0.15) is 4.90 Å². The smallest absolute Gasteiger partial charge is 0.246 e. The molecule has 2 rings (SSSR count). The van der Waals surface area contributed by atoms with E-state index in [0.717, 1.165) is 25.7 Å². The van der Waals surface area contributed by atoms with Gasteiger partial charge in [0.2, 0.25) is 10.0 Å². The van der Waals surface area contributed by atoms with Crippen LogP contribution in [0.2, 0.25) is 0 Å². The molecule has 1 saturated heterocycles. The number of hydrogen-bond donors (Lipinski definition) is 0. The molecule has 21 heavy (non-hydrogen) atoms. The molecule has 1 unspecified atom stereocenters. The Balaban J connectivity index is 2.10. The maximum Gasteiger partial charge on any atom is 0.246 e. The van der Waals surface area contributed by atoms with E-state index in [0.29, 0.717) is 13.2 Å². The molecule has 1 atom stereocenters. The summed E-state index contributed by atoms with van der Waals surface area (Å²) in [5.74, 6) is 0. The number of rotatable bonds is 6. The van der Waals surface area contributed by atoms with E-state index in [9.17, 15) is 8.42 Å². The van der Waals surface area contributed by atoms with Gasteiger partial charge in [0.05, 0.1) is 12.3 Å². The van der Waals surface area contributed by atoms with Crippen LogP contribution in [0.3, 0.4) is 0 Å². The van der Waals surface area contributed by atoms with Crippen LogP contribution in [0.4, 0.5) is 0 Å². The Bertz CT molecular complexity index is 554. The van der Waals surface area contributed by atoms with Crippen molar-refractivity contribution in [2.45, 2.75) is 56.6 Å². The van der Waals surface area contributed by atoms with Gasteiger partial charge in [0.15, 0.2) is 0 Å². The van der Waals surface area contributed by atoms with Crippen LogP contribution >= 0.6 is 0 Å². The zero-order valence-corrected chi connectivity index (χ0v) is 13.8. The van der Waals surface area contributed by atoms with Crippen molar-refractivity contribution in [3.05, 3.63) is 12.4 Å². The molecule has 0 saturated carbocycles. The molecule has 1 aromatic rings.